The number of hydrogen-bond donors (Lipinski definition) is 0. The molecular weight excluding hydrogens is 163 g/mol. The van der Waals surface area contributed by atoms with Crippen LogP contribution in [0, 0.1) is 19.7 Å². The fraction of sp³-hybridized carbons (Fsp3) is 0.167. The number of aryl methyl sites for hydroxylation is 2. The summed E-state index contributed by atoms with van der Waals surface area (Å²) in [5.41, 5.74) is 2.18. The van der Waals surface area contributed by atoms with Crippen molar-refractivity contribution in [2.75, 3.05) is 0 Å². The number of benzene rings is 2. The van der Waals surface area contributed by atoms with Crippen LogP contribution in [0.3, 0.4) is 0 Å². The van der Waals surface area contributed by atoms with Crippen molar-refractivity contribution in [1.29, 1.82) is 0 Å². The molecule has 0 radical (unpaired) electrons. The highest BCUT2D eigenvalue weighted by Gasteiger charge is 2.02. The van der Waals surface area contributed by atoms with Crippen LogP contribution >= 0.6 is 0 Å². The van der Waals surface area contributed by atoms with Gasteiger partial charge in [0.1, 0.15) is 5.82 Å². The van der Waals surface area contributed by atoms with Gasteiger partial charge in [0.15, 0.2) is 0 Å². The van der Waals surface area contributed by atoms with Gasteiger partial charge in [-0.2, -0.15) is 0 Å². The molecule has 0 nitrogen and oxygen atoms in total. The minimum absolute atomic E-state index is 0.130. The van der Waals surface area contributed by atoms with Crippen LogP contribution in [0.15, 0.2) is 30.3 Å². The number of halogens is 1. The Hall–Kier alpha value is -1.37. The van der Waals surface area contributed by atoms with Gasteiger partial charge in [0.2, 0.25) is 0 Å². The van der Waals surface area contributed by atoms with E-state index in [2.05, 4.69) is 0 Å². The molecule has 0 unspecified atom stereocenters. The Balaban J connectivity index is 2.94. The molecule has 0 amide bonds. The molecule has 0 heterocycles. The van der Waals surface area contributed by atoms with E-state index >= 15 is 0 Å². The van der Waals surface area contributed by atoms with Crippen molar-refractivity contribution in [3.63, 3.8) is 0 Å². The second-order valence-electron chi connectivity index (χ2n) is 3.42. The average Bonchev–Trinajstić information content (AvgIpc) is 2.02. The number of rotatable bonds is 0. The summed E-state index contributed by atoms with van der Waals surface area (Å²) < 4.78 is 13.4. The molecular formula is C12H11F. The Morgan fingerprint density at radius 2 is 1.85 bits per heavy atom. The largest absolute Gasteiger partial charge is 0.206 e. The van der Waals surface area contributed by atoms with Gasteiger partial charge in [0, 0.05) is 5.39 Å². The van der Waals surface area contributed by atoms with Crippen LogP contribution in [0.1, 0.15) is 11.1 Å². The van der Waals surface area contributed by atoms with E-state index in [1.54, 1.807) is 6.07 Å². The lowest BCUT2D eigenvalue weighted by atomic mass is 10.0. The molecule has 0 spiro atoms. The van der Waals surface area contributed by atoms with E-state index in [0.29, 0.717) is 0 Å². The zero-order valence-corrected chi connectivity index (χ0v) is 7.76. The van der Waals surface area contributed by atoms with Crippen LogP contribution in [0.5, 0.6) is 0 Å². The zero-order valence-electron chi connectivity index (χ0n) is 7.76. The Bertz CT molecular complexity index is 458. The smallest absolute Gasteiger partial charge is 0.131 e. The first-order chi connectivity index (χ1) is 6.18. The van der Waals surface area contributed by atoms with E-state index in [9.17, 15) is 4.39 Å². The maximum atomic E-state index is 13.4. The van der Waals surface area contributed by atoms with Crippen molar-refractivity contribution < 1.29 is 4.39 Å². The Kier molecular flexibility index (Phi) is 1.80. The molecule has 0 aromatic heterocycles. The first kappa shape index (κ1) is 8.24. The minimum atomic E-state index is -0.130. The lowest BCUT2D eigenvalue weighted by Crippen LogP contribution is -1.85. The van der Waals surface area contributed by atoms with Gasteiger partial charge in [0.25, 0.3) is 0 Å². The molecule has 2 rings (SSSR count). The normalized spacial score (nSPS) is 10.7. The van der Waals surface area contributed by atoms with Crippen LogP contribution in [-0.4, -0.2) is 0 Å². The second-order valence-corrected chi connectivity index (χ2v) is 3.42. The summed E-state index contributed by atoms with van der Waals surface area (Å²) in [6.45, 7) is 3.97. The van der Waals surface area contributed by atoms with Gasteiger partial charge in [-0.25, -0.2) is 4.39 Å². The molecule has 0 N–H and O–H groups in total. The maximum absolute atomic E-state index is 13.4. The third-order valence-corrected chi connectivity index (χ3v) is 2.27. The summed E-state index contributed by atoms with van der Waals surface area (Å²) in [6.07, 6.45) is 0. The monoisotopic (exact) mass is 174 g/mol. The molecule has 0 bridgehead atoms. The van der Waals surface area contributed by atoms with E-state index in [0.717, 1.165) is 16.3 Å². The zero-order chi connectivity index (χ0) is 9.42. The summed E-state index contributed by atoms with van der Waals surface area (Å²) in [7, 11) is 0. The van der Waals surface area contributed by atoms with Crippen LogP contribution in [0.4, 0.5) is 4.39 Å². The Labute approximate surface area is 77.0 Å². The average molecular weight is 174 g/mol. The van der Waals surface area contributed by atoms with E-state index in [1.807, 2.05) is 32.0 Å². The van der Waals surface area contributed by atoms with Crippen LogP contribution in [0.25, 0.3) is 10.8 Å². The van der Waals surface area contributed by atoms with Crippen LogP contribution in [-0.2, 0) is 0 Å². The van der Waals surface area contributed by atoms with E-state index < -0.39 is 0 Å². The quantitative estimate of drug-likeness (QED) is 0.572. The predicted molar refractivity (Wildman–Crippen MR) is 53.4 cm³/mol. The standard InChI is InChI=1S/C12H11F/c1-8-6-9(2)12-10(7-8)4-3-5-11(12)13/h3-7H,1-2H3. The number of fused-ring (bicyclic) bond motifs is 1. The van der Waals surface area contributed by atoms with Gasteiger partial charge < -0.3 is 0 Å². The highest BCUT2D eigenvalue weighted by molar-refractivity contribution is 5.86. The SMILES string of the molecule is Cc1cc(C)c2c(F)cccc2c1. The lowest BCUT2D eigenvalue weighted by Gasteiger charge is -2.04. The van der Waals surface area contributed by atoms with Gasteiger partial charge in [-0.05, 0) is 30.9 Å². The van der Waals surface area contributed by atoms with E-state index in [1.165, 1.54) is 11.6 Å². The molecule has 66 valence electrons. The van der Waals surface area contributed by atoms with Gasteiger partial charge in [0.05, 0.1) is 0 Å². The molecule has 1 heteroatoms. The fourth-order valence-corrected chi connectivity index (χ4v) is 1.78. The summed E-state index contributed by atoms with van der Waals surface area (Å²) in [5.74, 6) is -0.130. The van der Waals surface area contributed by atoms with Crippen molar-refractivity contribution in [3.8, 4) is 0 Å². The van der Waals surface area contributed by atoms with Gasteiger partial charge in [-0.3, -0.25) is 0 Å². The fourth-order valence-electron chi connectivity index (χ4n) is 1.78. The molecule has 0 saturated carbocycles. The molecule has 2 aromatic rings. The van der Waals surface area contributed by atoms with Gasteiger partial charge in [-0.1, -0.05) is 29.8 Å². The van der Waals surface area contributed by atoms with Crippen molar-refractivity contribution in [3.05, 3.63) is 47.3 Å². The summed E-state index contributed by atoms with van der Waals surface area (Å²) in [4.78, 5) is 0. The lowest BCUT2D eigenvalue weighted by molar-refractivity contribution is 0.639. The highest BCUT2D eigenvalue weighted by atomic mass is 19.1. The molecule has 0 aliphatic rings. The number of hydrogen-bond acceptors (Lipinski definition) is 0. The topological polar surface area (TPSA) is 0 Å². The Morgan fingerprint density at radius 3 is 2.62 bits per heavy atom. The van der Waals surface area contributed by atoms with Crippen molar-refractivity contribution in [1.82, 2.24) is 0 Å². The van der Waals surface area contributed by atoms with E-state index in [4.69, 9.17) is 0 Å². The van der Waals surface area contributed by atoms with Crippen LogP contribution < -0.4 is 0 Å². The predicted octanol–water partition coefficient (Wildman–Crippen LogP) is 3.60. The minimum Gasteiger partial charge on any atom is -0.206 e. The Morgan fingerprint density at radius 1 is 1.08 bits per heavy atom. The molecule has 0 fully saturated rings. The third kappa shape index (κ3) is 1.31. The third-order valence-electron chi connectivity index (χ3n) is 2.27. The maximum Gasteiger partial charge on any atom is 0.131 e. The molecule has 0 saturated heterocycles. The summed E-state index contributed by atoms with van der Waals surface area (Å²) >= 11 is 0. The molecule has 0 aliphatic heterocycles. The first-order valence-electron chi connectivity index (χ1n) is 4.34. The summed E-state index contributed by atoms with van der Waals surface area (Å²) in [6, 6.07) is 9.20. The molecule has 0 aliphatic carbocycles. The van der Waals surface area contributed by atoms with Gasteiger partial charge >= 0.3 is 0 Å². The molecule has 13 heavy (non-hydrogen) atoms. The highest BCUT2D eigenvalue weighted by Crippen LogP contribution is 2.22. The second kappa shape index (κ2) is 2.84. The van der Waals surface area contributed by atoms with Crippen molar-refractivity contribution >= 4 is 10.8 Å². The summed E-state index contributed by atoms with van der Waals surface area (Å²) in [5, 5.41) is 1.73. The van der Waals surface area contributed by atoms with Crippen molar-refractivity contribution in [2.45, 2.75) is 13.8 Å². The van der Waals surface area contributed by atoms with Gasteiger partial charge in [-0.15, -0.1) is 0 Å². The van der Waals surface area contributed by atoms with Crippen molar-refractivity contribution in [2.24, 2.45) is 0 Å². The van der Waals surface area contributed by atoms with Crippen LogP contribution in [0.2, 0.25) is 0 Å². The first-order valence-corrected chi connectivity index (χ1v) is 4.34. The molecule has 2 aromatic carbocycles. The van der Waals surface area contributed by atoms with E-state index in [-0.39, 0.29) is 5.82 Å². The molecule has 0 atom stereocenters.